The van der Waals surface area contributed by atoms with Crippen LogP contribution in [0, 0.1) is 0 Å². The molecule has 0 radical (unpaired) electrons. The van der Waals surface area contributed by atoms with Gasteiger partial charge in [-0.2, -0.15) is 13.2 Å². The Balaban J connectivity index is 1.87. The van der Waals surface area contributed by atoms with Crippen LogP contribution in [0.25, 0.3) is 10.9 Å². The first kappa shape index (κ1) is 21.6. The van der Waals surface area contributed by atoms with E-state index in [4.69, 9.17) is 11.6 Å². The number of benzene rings is 2. The summed E-state index contributed by atoms with van der Waals surface area (Å²) in [5.41, 5.74) is -0.956. The van der Waals surface area contributed by atoms with Crippen molar-refractivity contribution in [3.8, 4) is 0 Å². The smallest absolute Gasteiger partial charge is 0.317 e. The van der Waals surface area contributed by atoms with Crippen LogP contribution < -0.4 is 10.9 Å². The van der Waals surface area contributed by atoms with E-state index in [9.17, 15) is 22.8 Å². The predicted octanol–water partition coefficient (Wildman–Crippen LogP) is 5.21. The maximum absolute atomic E-state index is 13.0. The molecule has 10 heteroatoms. The molecule has 1 atom stereocenters. The standard InChI is InChI=1S/C20H18ClF3N4O2/c1-3-16(17-26-15-7-5-4-6-12(15)18(29)27-17)28(2)19(30)25-11-8-9-14(21)13(10-11)20(22,23)24/h4-10,16H,3H2,1-2H3,(H,25,30)(H,26,27,29). The Labute approximate surface area is 174 Å². The van der Waals surface area contributed by atoms with E-state index in [1.165, 1.54) is 18.0 Å². The minimum absolute atomic E-state index is 0.0570. The van der Waals surface area contributed by atoms with Gasteiger partial charge in [0.25, 0.3) is 5.56 Å². The highest BCUT2D eigenvalue weighted by Crippen LogP contribution is 2.36. The average molecular weight is 439 g/mol. The number of hydrogen-bond donors (Lipinski definition) is 2. The van der Waals surface area contributed by atoms with E-state index >= 15 is 0 Å². The fourth-order valence-electron chi connectivity index (χ4n) is 3.09. The summed E-state index contributed by atoms with van der Waals surface area (Å²) in [5, 5.41) is 2.39. The van der Waals surface area contributed by atoms with Crippen LogP contribution in [0.2, 0.25) is 5.02 Å². The Morgan fingerprint density at radius 1 is 1.27 bits per heavy atom. The Hall–Kier alpha value is -3.07. The Morgan fingerprint density at radius 2 is 1.97 bits per heavy atom. The summed E-state index contributed by atoms with van der Waals surface area (Å²) in [4.78, 5) is 33.4. The normalized spacial score (nSPS) is 12.6. The summed E-state index contributed by atoms with van der Waals surface area (Å²) in [7, 11) is 1.47. The molecule has 2 aromatic carbocycles. The highest BCUT2D eigenvalue weighted by atomic mass is 35.5. The average Bonchev–Trinajstić information content (AvgIpc) is 2.69. The molecule has 3 aromatic rings. The molecule has 0 aliphatic heterocycles. The molecule has 30 heavy (non-hydrogen) atoms. The van der Waals surface area contributed by atoms with Gasteiger partial charge in [-0.25, -0.2) is 9.78 Å². The first-order valence-corrected chi connectivity index (χ1v) is 9.39. The molecule has 0 saturated heterocycles. The molecule has 0 spiro atoms. The first-order valence-electron chi connectivity index (χ1n) is 9.01. The van der Waals surface area contributed by atoms with Crippen LogP contribution in [0.4, 0.5) is 23.7 Å². The zero-order chi connectivity index (χ0) is 22.1. The number of hydrogen-bond acceptors (Lipinski definition) is 3. The van der Waals surface area contributed by atoms with Gasteiger partial charge in [0, 0.05) is 12.7 Å². The zero-order valence-corrected chi connectivity index (χ0v) is 16.8. The summed E-state index contributed by atoms with van der Waals surface area (Å²) >= 11 is 5.61. The highest BCUT2D eigenvalue weighted by molar-refractivity contribution is 6.31. The summed E-state index contributed by atoms with van der Waals surface area (Å²) in [6.07, 6.45) is -4.23. The third kappa shape index (κ3) is 4.40. The largest absolute Gasteiger partial charge is 0.417 e. The van der Waals surface area contributed by atoms with Crippen LogP contribution in [-0.4, -0.2) is 27.9 Å². The number of H-pyrrole nitrogens is 1. The van der Waals surface area contributed by atoms with Crippen LogP contribution >= 0.6 is 11.6 Å². The zero-order valence-electron chi connectivity index (χ0n) is 16.0. The number of amides is 2. The van der Waals surface area contributed by atoms with Crippen LogP contribution in [0.5, 0.6) is 0 Å². The predicted molar refractivity (Wildman–Crippen MR) is 109 cm³/mol. The number of urea groups is 1. The quantitative estimate of drug-likeness (QED) is 0.587. The molecular formula is C20H18ClF3N4O2. The molecule has 3 rings (SSSR count). The molecule has 1 aromatic heterocycles. The maximum atomic E-state index is 13.0. The molecule has 158 valence electrons. The van der Waals surface area contributed by atoms with Crippen LogP contribution in [0.3, 0.4) is 0 Å². The molecular weight excluding hydrogens is 421 g/mol. The Bertz CT molecular complexity index is 1150. The maximum Gasteiger partial charge on any atom is 0.417 e. The van der Waals surface area contributed by atoms with Gasteiger partial charge >= 0.3 is 12.2 Å². The van der Waals surface area contributed by atoms with E-state index in [0.717, 1.165) is 12.1 Å². The monoisotopic (exact) mass is 438 g/mol. The number of halogens is 4. The number of para-hydroxylation sites is 1. The van der Waals surface area contributed by atoms with E-state index in [2.05, 4.69) is 15.3 Å². The lowest BCUT2D eigenvalue weighted by atomic mass is 10.1. The van der Waals surface area contributed by atoms with Crippen molar-refractivity contribution in [3.63, 3.8) is 0 Å². The number of aromatic amines is 1. The van der Waals surface area contributed by atoms with Crippen molar-refractivity contribution in [1.82, 2.24) is 14.9 Å². The molecule has 0 aliphatic carbocycles. The van der Waals surface area contributed by atoms with Crippen molar-refractivity contribution in [3.05, 3.63) is 69.2 Å². The lowest BCUT2D eigenvalue weighted by Crippen LogP contribution is -2.36. The molecule has 0 aliphatic rings. The molecule has 6 nitrogen and oxygen atoms in total. The van der Waals surface area contributed by atoms with Crippen LogP contribution in [-0.2, 0) is 6.18 Å². The number of anilines is 1. The molecule has 1 unspecified atom stereocenters. The fraction of sp³-hybridized carbons (Fsp3) is 0.250. The number of rotatable bonds is 4. The lowest BCUT2D eigenvalue weighted by Gasteiger charge is -2.27. The molecule has 2 amide bonds. The number of alkyl halides is 3. The SMILES string of the molecule is CCC(c1nc2ccccc2c(=O)[nH]1)N(C)C(=O)Nc1ccc(Cl)c(C(F)(F)F)c1. The van der Waals surface area contributed by atoms with E-state index < -0.39 is 28.8 Å². The van der Waals surface area contributed by atoms with E-state index in [-0.39, 0.29) is 17.1 Å². The minimum Gasteiger partial charge on any atom is -0.317 e. The van der Waals surface area contributed by atoms with Gasteiger partial charge in [-0.05, 0) is 36.8 Å². The molecule has 2 N–H and O–H groups in total. The van der Waals surface area contributed by atoms with Crippen molar-refractivity contribution in [2.45, 2.75) is 25.6 Å². The topological polar surface area (TPSA) is 78.1 Å². The second kappa shape index (κ2) is 8.35. The third-order valence-electron chi connectivity index (χ3n) is 4.64. The van der Waals surface area contributed by atoms with Crippen molar-refractivity contribution >= 4 is 34.2 Å². The Kier molecular flexibility index (Phi) is 6.02. The summed E-state index contributed by atoms with van der Waals surface area (Å²) < 4.78 is 39.1. The third-order valence-corrected chi connectivity index (χ3v) is 4.97. The van der Waals surface area contributed by atoms with E-state index in [1.54, 1.807) is 31.2 Å². The number of aromatic nitrogens is 2. The molecule has 0 saturated carbocycles. The van der Waals surface area contributed by atoms with Crippen LogP contribution in [0.15, 0.2) is 47.3 Å². The number of carbonyl (C=O) groups excluding carboxylic acids is 1. The van der Waals surface area contributed by atoms with Gasteiger partial charge < -0.3 is 15.2 Å². The summed E-state index contributed by atoms with van der Waals surface area (Å²) in [5.74, 6) is 0.283. The lowest BCUT2D eigenvalue weighted by molar-refractivity contribution is -0.137. The minimum atomic E-state index is -4.65. The number of fused-ring (bicyclic) bond motifs is 1. The van der Waals surface area contributed by atoms with E-state index in [1.807, 2.05) is 0 Å². The molecule has 0 bridgehead atoms. The van der Waals surface area contributed by atoms with Crippen molar-refractivity contribution in [1.29, 1.82) is 0 Å². The summed E-state index contributed by atoms with van der Waals surface area (Å²) in [6, 6.07) is 8.65. The van der Waals surface area contributed by atoms with Gasteiger partial charge in [0.1, 0.15) is 5.82 Å². The first-order chi connectivity index (χ1) is 14.1. The van der Waals surface area contributed by atoms with Crippen molar-refractivity contribution < 1.29 is 18.0 Å². The van der Waals surface area contributed by atoms with Gasteiger partial charge in [0.2, 0.25) is 0 Å². The molecule has 0 fully saturated rings. The van der Waals surface area contributed by atoms with Gasteiger partial charge in [-0.15, -0.1) is 0 Å². The molecule has 1 heterocycles. The number of nitrogens with one attached hydrogen (secondary N) is 2. The summed E-state index contributed by atoms with van der Waals surface area (Å²) in [6.45, 7) is 1.80. The Morgan fingerprint density at radius 3 is 2.63 bits per heavy atom. The fourth-order valence-corrected chi connectivity index (χ4v) is 3.31. The van der Waals surface area contributed by atoms with Gasteiger partial charge in [0.15, 0.2) is 0 Å². The number of carbonyl (C=O) groups is 1. The van der Waals surface area contributed by atoms with Gasteiger partial charge in [-0.3, -0.25) is 4.79 Å². The highest BCUT2D eigenvalue weighted by Gasteiger charge is 2.33. The van der Waals surface area contributed by atoms with Gasteiger partial charge in [0.05, 0.1) is 27.5 Å². The second-order valence-electron chi connectivity index (χ2n) is 6.63. The van der Waals surface area contributed by atoms with Crippen molar-refractivity contribution in [2.75, 3.05) is 12.4 Å². The van der Waals surface area contributed by atoms with Crippen molar-refractivity contribution in [2.24, 2.45) is 0 Å². The van der Waals surface area contributed by atoms with Crippen LogP contribution in [0.1, 0.15) is 30.8 Å². The van der Waals surface area contributed by atoms with E-state index in [0.29, 0.717) is 17.3 Å². The second-order valence-corrected chi connectivity index (χ2v) is 7.03. The number of nitrogens with zero attached hydrogens (tertiary/aromatic N) is 2. The van der Waals surface area contributed by atoms with Gasteiger partial charge in [-0.1, -0.05) is 30.7 Å².